The molecule has 0 bridgehead atoms. The van der Waals surface area contributed by atoms with E-state index in [1.165, 1.54) is 38.5 Å². The summed E-state index contributed by atoms with van der Waals surface area (Å²) in [6.07, 6.45) is 11.8. The van der Waals surface area contributed by atoms with Gasteiger partial charge in [-0.15, -0.1) is 0 Å². The lowest BCUT2D eigenvalue weighted by atomic mass is 9.65. The number of rotatable bonds is 6. The second-order valence-electron chi connectivity index (χ2n) is 10.4. The quantitative estimate of drug-likeness (QED) is 0.424. The normalized spacial score (nSPS) is 27.7. The summed E-state index contributed by atoms with van der Waals surface area (Å²) in [5, 5.41) is 11.2. The van der Waals surface area contributed by atoms with Gasteiger partial charge in [-0.3, -0.25) is 9.59 Å². The highest BCUT2D eigenvalue weighted by Gasteiger charge is 2.54. The van der Waals surface area contributed by atoms with Crippen LogP contribution < -0.4 is 0 Å². The predicted molar refractivity (Wildman–Crippen MR) is 119 cm³/mol. The van der Waals surface area contributed by atoms with E-state index in [2.05, 4.69) is 6.92 Å². The number of carbonyl (C=O) groups is 2. The molecule has 0 heterocycles. The zero-order valence-corrected chi connectivity index (χ0v) is 18.9. The molecule has 4 rings (SSSR count). The van der Waals surface area contributed by atoms with Gasteiger partial charge in [-0.1, -0.05) is 44.7 Å². The van der Waals surface area contributed by atoms with Crippen molar-refractivity contribution in [3.8, 4) is 0 Å². The molecule has 0 saturated heterocycles. The molecule has 0 aliphatic heterocycles. The number of benzene rings is 1. The number of halogens is 1. The molecule has 1 aromatic rings. The maximum atomic E-state index is 15.1. The minimum absolute atomic E-state index is 0.0145. The molecule has 0 amide bonds. The van der Waals surface area contributed by atoms with Crippen molar-refractivity contribution in [2.75, 3.05) is 0 Å². The van der Waals surface area contributed by atoms with Crippen molar-refractivity contribution in [2.45, 2.75) is 108 Å². The van der Waals surface area contributed by atoms with Crippen molar-refractivity contribution in [3.05, 3.63) is 35.1 Å². The van der Waals surface area contributed by atoms with Gasteiger partial charge in [0.15, 0.2) is 0 Å². The maximum absolute atomic E-state index is 15.1. The maximum Gasteiger partial charge on any atom is 0.146 e. The Morgan fingerprint density at radius 1 is 0.968 bits per heavy atom. The highest BCUT2D eigenvalue weighted by molar-refractivity contribution is 6.12. The summed E-state index contributed by atoms with van der Waals surface area (Å²) in [5.74, 6) is 0.915. The van der Waals surface area contributed by atoms with Crippen LogP contribution in [0.1, 0.15) is 114 Å². The number of hydrogen-bond acceptors (Lipinski definition) is 3. The fraction of sp³-hybridized carbons (Fsp3) is 0.704. The van der Waals surface area contributed by atoms with Crippen molar-refractivity contribution in [3.63, 3.8) is 0 Å². The standard InChI is InChI=1S/C27H37FO3/c1-2-3-4-5-19-6-8-20(9-7-19)21-10-11-22(23(28)18-21)27(31)16-14-26(15-17-27)24(29)12-13-25(26)30/h10-11,18-20,31H,2-9,12-17H2,1H3. The largest absolute Gasteiger partial charge is 0.385 e. The molecule has 1 aromatic carbocycles. The predicted octanol–water partition coefficient (Wildman–Crippen LogP) is 6.36. The number of ketones is 2. The van der Waals surface area contributed by atoms with E-state index in [1.54, 1.807) is 12.1 Å². The Morgan fingerprint density at radius 2 is 1.61 bits per heavy atom. The number of carbonyl (C=O) groups excluding carboxylic acids is 2. The van der Waals surface area contributed by atoms with Gasteiger partial charge in [0.05, 0.1) is 11.0 Å². The van der Waals surface area contributed by atoms with Crippen LogP contribution in [0.2, 0.25) is 0 Å². The van der Waals surface area contributed by atoms with Crippen LogP contribution in [0.3, 0.4) is 0 Å². The van der Waals surface area contributed by atoms with Crippen LogP contribution in [0.15, 0.2) is 18.2 Å². The van der Waals surface area contributed by atoms with Crippen LogP contribution >= 0.6 is 0 Å². The molecule has 0 unspecified atom stereocenters. The molecule has 3 fully saturated rings. The summed E-state index contributed by atoms with van der Waals surface area (Å²) in [6.45, 7) is 2.24. The Hall–Kier alpha value is -1.55. The first-order valence-electron chi connectivity index (χ1n) is 12.5. The summed E-state index contributed by atoms with van der Waals surface area (Å²) in [6, 6.07) is 5.38. The van der Waals surface area contributed by atoms with Gasteiger partial charge in [-0.05, 0) is 74.8 Å². The number of Topliss-reactive ketones (excluding diaryl/α,β-unsaturated/α-hetero) is 2. The molecule has 3 aliphatic rings. The summed E-state index contributed by atoms with van der Waals surface area (Å²) in [5.41, 5.74) is -0.811. The average Bonchev–Trinajstić information content (AvgIpc) is 3.05. The van der Waals surface area contributed by atoms with Crippen molar-refractivity contribution in [1.82, 2.24) is 0 Å². The molecular formula is C27H37FO3. The molecule has 31 heavy (non-hydrogen) atoms. The lowest BCUT2D eigenvalue weighted by Crippen LogP contribution is -2.43. The topological polar surface area (TPSA) is 54.4 Å². The molecule has 1 N–H and O–H groups in total. The van der Waals surface area contributed by atoms with Crippen LogP contribution in [-0.2, 0) is 15.2 Å². The lowest BCUT2D eigenvalue weighted by molar-refractivity contribution is -0.141. The zero-order chi connectivity index (χ0) is 22.1. The molecule has 1 spiro atoms. The number of unbranched alkanes of at least 4 members (excludes halogenated alkanes) is 2. The molecule has 3 saturated carbocycles. The van der Waals surface area contributed by atoms with E-state index in [1.807, 2.05) is 6.07 Å². The van der Waals surface area contributed by atoms with Gasteiger partial charge in [-0.2, -0.15) is 0 Å². The van der Waals surface area contributed by atoms with Gasteiger partial charge in [0, 0.05) is 18.4 Å². The molecule has 0 aromatic heterocycles. The molecule has 4 heteroatoms. The summed E-state index contributed by atoms with van der Waals surface area (Å²) in [7, 11) is 0. The van der Waals surface area contributed by atoms with Crippen molar-refractivity contribution in [1.29, 1.82) is 0 Å². The first-order chi connectivity index (χ1) is 14.9. The van der Waals surface area contributed by atoms with Gasteiger partial charge in [0.1, 0.15) is 17.4 Å². The second-order valence-corrected chi connectivity index (χ2v) is 10.4. The fourth-order valence-electron chi connectivity index (χ4n) is 6.41. The first kappa shape index (κ1) is 22.6. The highest BCUT2D eigenvalue weighted by Crippen LogP contribution is 2.51. The summed E-state index contributed by atoms with van der Waals surface area (Å²) < 4.78 is 15.1. The van der Waals surface area contributed by atoms with E-state index in [0.717, 1.165) is 24.3 Å². The number of hydrogen-bond donors (Lipinski definition) is 1. The zero-order valence-electron chi connectivity index (χ0n) is 18.9. The Bertz CT molecular complexity index is 796. The lowest BCUT2D eigenvalue weighted by Gasteiger charge is -2.40. The Labute approximate surface area is 185 Å². The van der Waals surface area contributed by atoms with E-state index >= 15 is 4.39 Å². The van der Waals surface area contributed by atoms with Gasteiger partial charge in [-0.25, -0.2) is 4.39 Å². The highest BCUT2D eigenvalue weighted by atomic mass is 19.1. The van der Waals surface area contributed by atoms with Gasteiger partial charge >= 0.3 is 0 Å². The molecule has 0 radical (unpaired) electrons. The molecule has 3 aliphatic carbocycles. The molecular weight excluding hydrogens is 391 g/mol. The molecule has 170 valence electrons. The Balaban J connectivity index is 1.39. The third-order valence-corrected chi connectivity index (χ3v) is 8.61. The second kappa shape index (κ2) is 9.13. The van der Waals surface area contributed by atoms with E-state index in [4.69, 9.17) is 0 Å². The van der Waals surface area contributed by atoms with Gasteiger partial charge in [0.2, 0.25) is 0 Å². The van der Waals surface area contributed by atoms with Crippen LogP contribution in [0.25, 0.3) is 0 Å². The van der Waals surface area contributed by atoms with Crippen molar-refractivity contribution >= 4 is 11.6 Å². The first-order valence-corrected chi connectivity index (χ1v) is 12.5. The van der Waals surface area contributed by atoms with E-state index in [-0.39, 0.29) is 30.2 Å². The number of aliphatic hydroxyl groups is 1. The molecule has 0 atom stereocenters. The van der Waals surface area contributed by atoms with Gasteiger partial charge < -0.3 is 5.11 Å². The minimum Gasteiger partial charge on any atom is -0.385 e. The van der Waals surface area contributed by atoms with Crippen LogP contribution in [-0.4, -0.2) is 16.7 Å². The van der Waals surface area contributed by atoms with Crippen molar-refractivity contribution in [2.24, 2.45) is 11.3 Å². The van der Waals surface area contributed by atoms with E-state index in [0.29, 0.717) is 37.2 Å². The third-order valence-electron chi connectivity index (χ3n) is 8.61. The Morgan fingerprint density at radius 3 is 2.19 bits per heavy atom. The average molecular weight is 429 g/mol. The summed E-state index contributed by atoms with van der Waals surface area (Å²) in [4.78, 5) is 24.6. The monoisotopic (exact) mass is 428 g/mol. The smallest absolute Gasteiger partial charge is 0.146 e. The van der Waals surface area contributed by atoms with E-state index in [9.17, 15) is 14.7 Å². The van der Waals surface area contributed by atoms with Gasteiger partial charge in [0.25, 0.3) is 0 Å². The molecule has 3 nitrogen and oxygen atoms in total. The van der Waals surface area contributed by atoms with Crippen LogP contribution in [0.5, 0.6) is 0 Å². The fourth-order valence-corrected chi connectivity index (χ4v) is 6.41. The van der Waals surface area contributed by atoms with E-state index < -0.39 is 11.0 Å². The SMILES string of the molecule is CCCCCC1CCC(c2ccc(C3(O)CCC4(CC3)C(=O)CCC4=O)c(F)c2)CC1. The van der Waals surface area contributed by atoms with Crippen molar-refractivity contribution < 1.29 is 19.1 Å². The van der Waals surface area contributed by atoms with Crippen LogP contribution in [0.4, 0.5) is 4.39 Å². The van der Waals surface area contributed by atoms with Crippen LogP contribution in [0, 0.1) is 17.2 Å². The Kier molecular flexibility index (Phi) is 6.67. The summed E-state index contributed by atoms with van der Waals surface area (Å²) >= 11 is 0. The third kappa shape index (κ3) is 4.37. The minimum atomic E-state index is -1.28.